The van der Waals surface area contributed by atoms with E-state index >= 15 is 0 Å². The quantitative estimate of drug-likeness (QED) is 0.820. The molecule has 0 fully saturated rings. The van der Waals surface area contributed by atoms with Gasteiger partial charge in [0.25, 0.3) is 10.1 Å². The standard InChI is InChI=1S/C7H12N2O3S.CHF3/c1-6(13(10,11)12)2-3-7-8-4-5-9-7;2-1(3)4/h4-6H,2-3H2,1H3,(H,8,9)(H,10,11,12);1H. The van der Waals surface area contributed by atoms with Gasteiger partial charge in [0.15, 0.2) is 0 Å². The number of hydrogen-bond acceptors (Lipinski definition) is 3. The molecule has 0 aliphatic heterocycles. The average Bonchev–Trinajstić information content (AvgIpc) is 2.63. The number of H-pyrrole nitrogens is 1. The Balaban J connectivity index is 0.000000557. The van der Waals surface area contributed by atoms with Gasteiger partial charge in [-0.25, -0.2) is 4.98 Å². The molecule has 9 heteroatoms. The van der Waals surface area contributed by atoms with Crippen LogP contribution in [0.2, 0.25) is 0 Å². The SMILES string of the molecule is CC(CCc1ncc[nH]1)S(=O)(=O)O.FC(F)F. The highest BCUT2D eigenvalue weighted by Crippen LogP contribution is 2.06. The number of nitrogens with zero attached hydrogens (tertiary/aromatic N) is 1. The number of aromatic amines is 1. The van der Waals surface area contributed by atoms with Gasteiger partial charge in [-0.1, -0.05) is 0 Å². The smallest absolute Gasteiger partial charge is 0.349 e. The van der Waals surface area contributed by atoms with Crippen molar-refractivity contribution >= 4 is 10.1 Å². The molecule has 1 unspecified atom stereocenters. The summed E-state index contributed by atoms with van der Waals surface area (Å²) in [4.78, 5) is 6.79. The Bertz CT molecular complexity index is 391. The van der Waals surface area contributed by atoms with E-state index in [-0.39, 0.29) is 0 Å². The van der Waals surface area contributed by atoms with E-state index in [1.807, 2.05) is 0 Å². The van der Waals surface area contributed by atoms with Gasteiger partial charge < -0.3 is 4.98 Å². The van der Waals surface area contributed by atoms with Crippen molar-refractivity contribution in [2.45, 2.75) is 31.7 Å². The molecule has 0 spiro atoms. The molecule has 0 amide bonds. The second-order valence-electron chi connectivity index (χ2n) is 3.15. The maximum absolute atomic E-state index is 10.6. The lowest BCUT2D eigenvalue weighted by atomic mass is 10.2. The number of hydrogen-bond donors (Lipinski definition) is 2. The van der Waals surface area contributed by atoms with E-state index < -0.39 is 22.0 Å². The molecule has 1 heterocycles. The molecule has 1 aromatic rings. The third-order valence-corrected chi connectivity index (χ3v) is 3.10. The fourth-order valence-corrected chi connectivity index (χ4v) is 1.34. The van der Waals surface area contributed by atoms with E-state index in [4.69, 9.17) is 4.55 Å². The van der Waals surface area contributed by atoms with Crippen molar-refractivity contribution in [3.8, 4) is 0 Å². The normalized spacial score (nSPS) is 13.1. The molecular weight excluding hydrogens is 261 g/mol. The van der Waals surface area contributed by atoms with Gasteiger partial charge in [-0.2, -0.15) is 21.6 Å². The van der Waals surface area contributed by atoms with Crippen LogP contribution in [0.3, 0.4) is 0 Å². The van der Waals surface area contributed by atoms with Crippen LogP contribution in [0, 0.1) is 0 Å². The number of aryl methyl sites for hydroxylation is 1. The molecular formula is C8H13F3N2O3S. The second-order valence-corrected chi connectivity index (χ2v) is 4.98. The Labute approximate surface area is 96.8 Å². The van der Waals surface area contributed by atoms with E-state index in [2.05, 4.69) is 9.97 Å². The van der Waals surface area contributed by atoms with Gasteiger partial charge in [0.05, 0.1) is 5.25 Å². The Morgan fingerprint density at radius 2 is 2.00 bits per heavy atom. The summed E-state index contributed by atoms with van der Waals surface area (Å²) >= 11 is 0. The van der Waals surface area contributed by atoms with Crippen molar-refractivity contribution in [1.82, 2.24) is 9.97 Å². The molecule has 0 saturated carbocycles. The molecule has 0 aromatic carbocycles. The highest BCUT2D eigenvalue weighted by molar-refractivity contribution is 7.86. The van der Waals surface area contributed by atoms with Crippen molar-refractivity contribution in [3.05, 3.63) is 18.2 Å². The van der Waals surface area contributed by atoms with Gasteiger partial charge in [-0.15, -0.1) is 0 Å². The zero-order chi connectivity index (χ0) is 13.5. The maximum Gasteiger partial charge on any atom is 0.379 e. The number of rotatable bonds is 4. The molecule has 2 N–H and O–H groups in total. The molecule has 1 atom stereocenters. The van der Waals surface area contributed by atoms with Crippen molar-refractivity contribution < 1.29 is 26.1 Å². The van der Waals surface area contributed by atoms with Crippen LogP contribution in [0.15, 0.2) is 12.4 Å². The number of aromatic nitrogens is 2. The first-order valence-corrected chi connectivity index (χ1v) is 6.10. The Morgan fingerprint density at radius 1 is 1.47 bits per heavy atom. The van der Waals surface area contributed by atoms with Crippen LogP contribution >= 0.6 is 0 Å². The molecule has 100 valence electrons. The molecule has 0 saturated heterocycles. The first-order chi connectivity index (χ1) is 7.73. The minimum atomic E-state index is -3.90. The molecule has 17 heavy (non-hydrogen) atoms. The largest absolute Gasteiger partial charge is 0.379 e. The van der Waals surface area contributed by atoms with Gasteiger partial charge in [-0.3, -0.25) is 4.55 Å². The lowest BCUT2D eigenvalue weighted by molar-refractivity contribution is 0.00819. The third-order valence-electron chi connectivity index (χ3n) is 1.85. The molecule has 0 aliphatic carbocycles. The lowest BCUT2D eigenvalue weighted by Crippen LogP contribution is -2.17. The van der Waals surface area contributed by atoms with Gasteiger partial charge in [0.2, 0.25) is 0 Å². The lowest BCUT2D eigenvalue weighted by Gasteiger charge is -2.05. The van der Waals surface area contributed by atoms with Gasteiger partial charge in [0, 0.05) is 18.8 Å². The predicted octanol–water partition coefficient (Wildman–Crippen LogP) is 1.80. The van der Waals surface area contributed by atoms with E-state index in [0.717, 1.165) is 5.82 Å². The molecule has 1 rings (SSSR count). The van der Waals surface area contributed by atoms with Crippen LogP contribution in [0.25, 0.3) is 0 Å². The topological polar surface area (TPSA) is 83.0 Å². The minimum absolute atomic E-state index is 0.367. The zero-order valence-corrected chi connectivity index (χ0v) is 9.79. The van der Waals surface area contributed by atoms with Crippen molar-refractivity contribution in [2.75, 3.05) is 0 Å². The number of halogens is 3. The zero-order valence-electron chi connectivity index (χ0n) is 8.98. The fourth-order valence-electron chi connectivity index (χ4n) is 0.924. The Morgan fingerprint density at radius 3 is 2.35 bits per heavy atom. The monoisotopic (exact) mass is 274 g/mol. The highest BCUT2D eigenvalue weighted by atomic mass is 32.2. The summed E-state index contributed by atoms with van der Waals surface area (Å²) in [6, 6.07) is 0. The van der Waals surface area contributed by atoms with Crippen LogP contribution in [0.4, 0.5) is 13.2 Å². The number of alkyl halides is 3. The van der Waals surface area contributed by atoms with Gasteiger partial charge in [0.1, 0.15) is 5.82 Å². The summed E-state index contributed by atoms with van der Waals surface area (Å²) in [6.07, 6.45) is 4.17. The van der Waals surface area contributed by atoms with Crippen LogP contribution in [-0.2, 0) is 16.5 Å². The highest BCUT2D eigenvalue weighted by Gasteiger charge is 2.16. The first kappa shape index (κ1) is 15.9. The van der Waals surface area contributed by atoms with Crippen LogP contribution in [0.1, 0.15) is 19.2 Å². The molecule has 5 nitrogen and oxygen atoms in total. The Hall–Kier alpha value is -1.09. The molecule has 1 aromatic heterocycles. The summed E-state index contributed by atoms with van der Waals surface area (Å²) in [5, 5.41) is -0.738. The predicted molar refractivity (Wildman–Crippen MR) is 55.0 cm³/mol. The average molecular weight is 274 g/mol. The van der Waals surface area contributed by atoms with Crippen molar-refractivity contribution in [2.24, 2.45) is 0 Å². The third kappa shape index (κ3) is 8.69. The van der Waals surface area contributed by atoms with Gasteiger partial charge >= 0.3 is 6.68 Å². The van der Waals surface area contributed by atoms with Crippen LogP contribution in [0.5, 0.6) is 0 Å². The molecule has 0 radical (unpaired) electrons. The van der Waals surface area contributed by atoms with Crippen LogP contribution in [-0.4, -0.2) is 34.9 Å². The van der Waals surface area contributed by atoms with Gasteiger partial charge in [-0.05, 0) is 13.3 Å². The van der Waals surface area contributed by atoms with Crippen molar-refractivity contribution in [1.29, 1.82) is 0 Å². The van der Waals surface area contributed by atoms with Crippen LogP contribution < -0.4 is 0 Å². The van der Waals surface area contributed by atoms with E-state index in [0.29, 0.717) is 12.8 Å². The summed E-state index contributed by atoms with van der Waals surface area (Å²) in [5.41, 5.74) is 0. The maximum atomic E-state index is 10.6. The Kier molecular flexibility index (Phi) is 6.81. The second kappa shape index (κ2) is 7.28. The van der Waals surface area contributed by atoms with Crippen molar-refractivity contribution in [3.63, 3.8) is 0 Å². The number of imidazole rings is 1. The number of nitrogens with one attached hydrogen (secondary N) is 1. The molecule has 0 bridgehead atoms. The minimum Gasteiger partial charge on any atom is -0.349 e. The fraction of sp³-hybridized carbons (Fsp3) is 0.625. The summed E-state index contributed by atoms with van der Waals surface area (Å²) in [5.74, 6) is 0.732. The summed E-state index contributed by atoms with van der Waals surface area (Å²) in [7, 11) is -3.90. The van der Waals surface area contributed by atoms with E-state index in [1.54, 1.807) is 12.4 Å². The summed E-state index contributed by atoms with van der Waals surface area (Å²) in [6.45, 7) is -2.20. The first-order valence-electron chi connectivity index (χ1n) is 4.60. The summed E-state index contributed by atoms with van der Waals surface area (Å²) < 4.78 is 58.9. The van der Waals surface area contributed by atoms with E-state index in [1.165, 1.54) is 6.92 Å². The molecule has 0 aliphatic rings. The van der Waals surface area contributed by atoms with E-state index in [9.17, 15) is 21.6 Å².